The fourth-order valence-corrected chi connectivity index (χ4v) is 7.29. The van der Waals surface area contributed by atoms with Gasteiger partial charge in [0.15, 0.2) is 0 Å². The van der Waals surface area contributed by atoms with Gasteiger partial charge < -0.3 is 0 Å². The summed E-state index contributed by atoms with van der Waals surface area (Å²) in [5, 5.41) is 5.27. The summed E-state index contributed by atoms with van der Waals surface area (Å²) in [5.41, 5.74) is 15.8. The molecule has 0 atom stereocenters. The molecule has 2 aromatic carbocycles. The summed E-state index contributed by atoms with van der Waals surface area (Å²) < 4.78 is 0. The third-order valence-corrected chi connectivity index (χ3v) is 10.7. The first-order valence-electron chi connectivity index (χ1n) is 18.7. The van der Waals surface area contributed by atoms with Crippen molar-refractivity contribution in [3.8, 4) is 0 Å². The summed E-state index contributed by atoms with van der Waals surface area (Å²) in [5.74, 6) is 0. The van der Waals surface area contributed by atoms with E-state index in [0.29, 0.717) is 0 Å². The SMILES string of the molecule is CC1=C[CH-]C=C/C1=C/C=c1\cc2/c(=C/C=C3\C=C[CH-]C=C3C)cc1CCc1c/c(=C\C=C3/C=C[CH-]C=C3C)c(c/c1=C\C=C1\C=C[CH-]C=C1C)CC2.[K+].[K+].[K+].[K+]. The van der Waals surface area contributed by atoms with Gasteiger partial charge in [-0.05, 0) is 68.8 Å². The van der Waals surface area contributed by atoms with E-state index >= 15 is 0 Å². The molecule has 0 spiro atoms. The molecule has 0 aliphatic heterocycles. The molecule has 0 aromatic heterocycles. The van der Waals surface area contributed by atoms with Crippen LogP contribution >= 0.6 is 0 Å². The fraction of sp³-hybridized carbons (Fsp3) is 0.154. The van der Waals surface area contributed by atoms with Crippen LogP contribution in [0.4, 0.5) is 0 Å². The monoisotopic (exact) mass is 828 g/mol. The Hall–Kier alpha value is 0.825. The second-order valence-electron chi connectivity index (χ2n) is 14.3. The van der Waals surface area contributed by atoms with Gasteiger partial charge in [-0.1, -0.05) is 101 Å². The van der Waals surface area contributed by atoms with Crippen molar-refractivity contribution in [2.45, 2.75) is 53.4 Å². The minimum absolute atomic E-state index is 0. The van der Waals surface area contributed by atoms with Crippen molar-refractivity contribution in [2.24, 2.45) is 0 Å². The predicted octanol–water partition coefficient (Wildman–Crippen LogP) is -2.70. The summed E-state index contributed by atoms with van der Waals surface area (Å²) in [7, 11) is 0. The molecule has 0 saturated heterocycles. The molecular weight excluding hydrogens is 781 g/mol. The predicted molar refractivity (Wildman–Crippen MR) is 225 cm³/mol. The Labute approximate surface area is 507 Å². The average molecular weight is 829 g/mol. The Balaban J connectivity index is 0.00000210. The van der Waals surface area contributed by atoms with Crippen LogP contribution in [0.25, 0.3) is 24.3 Å². The molecule has 2 aromatic rings. The van der Waals surface area contributed by atoms with Gasteiger partial charge in [-0.25, -0.2) is 0 Å². The number of rotatable bonds is 4. The van der Waals surface area contributed by atoms with Crippen molar-refractivity contribution in [1.82, 2.24) is 0 Å². The maximum absolute atomic E-state index is 2.47. The molecule has 4 heteroatoms. The van der Waals surface area contributed by atoms with Gasteiger partial charge in [-0.15, -0.1) is 22.3 Å². The molecule has 0 nitrogen and oxygen atoms in total. The van der Waals surface area contributed by atoms with E-state index in [9.17, 15) is 0 Å². The zero-order valence-electron chi connectivity index (χ0n) is 35.0. The second-order valence-corrected chi connectivity index (χ2v) is 14.3. The van der Waals surface area contributed by atoms with E-state index in [1.54, 1.807) is 0 Å². The van der Waals surface area contributed by atoms with E-state index in [2.05, 4.69) is 199 Å². The molecule has 56 heavy (non-hydrogen) atoms. The minimum Gasteiger partial charge on any atom is -0.172 e. The molecule has 0 amide bonds. The number of allylic oxidation sites excluding steroid dienone is 24. The zero-order valence-corrected chi connectivity index (χ0v) is 47.5. The van der Waals surface area contributed by atoms with Crippen LogP contribution in [0, 0.1) is 25.7 Å². The molecule has 0 N–H and O–H groups in total. The summed E-state index contributed by atoms with van der Waals surface area (Å²) in [6, 6.07) is 9.88. The Morgan fingerprint density at radius 2 is 0.554 bits per heavy atom. The molecule has 0 heterocycles. The van der Waals surface area contributed by atoms with Crippen LogP contribution in [0.5, 0.6) is 0 Å². The van der Waals surface area contributed by atoms with Gasteiger partial charge in [0, 0.05) is 0 Å². The van der Waals surface area contributed by atoms with Crippen LogP contribution in [-0.4, -0.2) is 0 Å². The topological polar surface area (TPSA) is 0 Å². The van der Waals surface area contributed by atoms with Gasteiger partial charge in [-0.2, -0.15) is 121 Å². The quantitative estimate of drug-likeness (QED) is 0.233. The smallest absolute Gasteiger partial charge is 0.172 e. The first kappa shape index (κ1) is 51.2. The molecular formula is C52H48K4. The first-order valence-corrected chi connectivity index (χ1v) is 18.7. The summed E-state index contributed by atoms with van der Waals surface area (Å²) in [6.07, 6.45) is 57.0. The van der Waals surface area contributed by atoms with Crippen LogP contribution in [-0.2, 0) is 25.7 Å². The fourth-order valence-electron chi connectivity index (χ4n) is 7.29. The maximum Gasteiger partial charge on any atom is 1.00 e. The van der Waals surface area contributed by atoms with E-state index in [1.165, 1.54) is 87.7 Å². The molecule has 8 aliphatic rings. The van der Waals surface area contributed by atoms with Crippen LogP contribution in [0.15, 0.2) is 166 Å². The summed E-state index contributed by atoms with van der Waals surface area (Å²) in [6.45, 7) is 8.77. The Kier molecular flexibility index (Phi) is 23.5. The maximum atomic E-state index is 2.47. The van der Waals surface area contributed by atoms with Crippen LogP contribution < -0.4 is 226 Å². The summed E-state index contributed by atoms with van der Waals surface area (Å²) >= 11 is 0. The number of hydrogen-bond donors (Lipinski definition) is 0. The Bertz CT molecular complexity index is 2080. The van der Waals surface area contributed by atoms with Crippen molar-refractivity contribution in [1.29, 1.82) is 0 Å². The van der Waals surface area contributed by atoms with Crippen molar-refractivity contribution in [3.05, 3.63) is 235 Å². The average Bonchev–Trinajstić information content (AvgIpc) is 3.15. The third-order valence-electron chi connectivity index (χ3n) is 10.7. The van der Waals surface area contributed by atoms with Gasteiger partial charge in [0.05, 0.1) is 0 Å². The van der Waals surface area contributed by atoms with E-state index in [1.807, 2.05) is 0 Å². The van der Waals surface area contributed by atoms with Gasteiger partial charge in [0.2, 0.25) is 0 Å². The molecule has 0 unspecified atom stereocenters. The Morgan fingerprint density at radius 3 is 0.750 bits per heavy atom. The normalized spacial score (nSPS) is 20.9. The molecule has 260 valence electrons. The van der Waals surface area contributed by atoms with Crippen molar-refractivity contribution >= 4 is 24.3 Å². The number of hydrogen-bond acceptors (Lipinski definition) is 0. The third kappa shape index (κ3) is 13.9. The van der Waals surface area contributed by atoms with Crippen molar-refractivity contribution < 1.29 is 206 Å². The molecule has 0 fully saturated rings. The molecule has 10 rings (SSSR count). The number of aryl methyl sites for hydroxylation is 4. The standard InChI is InChI=1S/C52H48.4K/c1-37-13-5-9-17-41(37)21-25-45-33-50-31-32-52-36-47(27-23-43-19-11-7-15-39(43)3)51(35-48(52)28-24-44-20-12-8-16-40(44)4)30-29-49(45)34-46(50)26-22-42-18-10-6-14-38(42)2;;;;/h5-28,33-36H,29-32H2,1-4H3;;;;/q-4;4*+1/b41-21-,42-22+,43-23-,44-24+,45-25+,46-26+,47-27+,48-28+;;;;. The molecule has 4 bridgehead atoms. The number of benzene rings is 2. The largest absolute Gasteiger partial charge is 1.00 e. The van der Waals surface area contributed by atoms with Crippen molar-refractivity contribution in [2.75, 3.05) is 0 Å². The van der Waals surface area contributed by atoms with Gasteiger partial charge in [0.25, 0.3) is 0 Å². The van der Waals surface area contributed by atoms with Crippen LogP contribution in [0.1, 0.15) is 49.9 Å². The zero-order chi connectivity index (χ0) is 35.9. The van der Waals surface area contributed by atoms with Crippen molar-refractivity contribution in [3.63, 3.8) is 0 Å². The molecule has 0 radical (unpaired) electrons. The second kappa shape index (κ2) is 25.7. The van der Waals surface area contributed by atoms with E-state index < -0.39 is 0 Å². The minimum atomic E-state index is 0. The van der Waals surface area contributed by atoms with E-state index in [0.717, 1.165) is 25.7 Å². The van der Waals surface area contributed by atoms with Crippen LogP contribution in [0.2, 0.25) is 0 Å². The van der Waals surface area contributed by atoms with Gasteiger partial charge >= 0.3 is 206 Å². The van der Waals surface area contributed by atoms with Gasteiger partial charge in [-0.3, -0.25) is 0 Å². The summed E-state index contributed by atoms with van der Waals surface area (Å²) in [4.78, 5) is 0. The van der Waals surface area contributed by atoms with Crippen LogP contribution in [0.3, 0.4) is 0 Å². The van der Waals surface area contributed by atoms with E-state index in [4.69, 9.17) is 0 Å². The Morgan fingerprint density at radius 1 is 0.339 bits per heavy atom. The molecule has 8 aliphatic carbocycles. The van der Waals surface area contributed by atoms with Gasteiger partial charge in [0.1, 0.15) is 0 Å². The first-order chi connectivity index (χ1) is 25.4. The van der Waals surface area contributed by atoms with E-state index in [-0.39, 0.29) is 206 Å². The molecule has 0 saturated carbocycles.